The van der Waals surface area contributed by atoms with Crippen molar-refractivity contribution in [1.82, 2.24) is 15.6 Å². The number of hydrogen-bond donors (Lipinski definition) is 3. The molecule has 2 aliphatic rings. The number of nitrogens with zero attached hydrogens (tertiary/aromatic N) is 2. The van der Waals surface area contributed by atoms with Crippen LogP contribution in [0.2, 0.25) is 5.02 Å². The van der Waals surface area contributed by atoms with Crippen molar-refractivity contribution < 1.29 is 32.6 Å². The number of benzene rings is 1. The molecule has 218 valence electrons. The molecule has 1 aromatic carbocycles. The topological polar surface area (TPSA) is 104 Å². The number of ether oxygens (including phenoxy) is 1. The highest BCUT2D eigenvalue weighted by Crippen LogP contribution is 2.39. The largest absolute Gasteiger partial charge is 0.476 e. The second-order valence-corrected chi connectivity index (χ2v) is 11.8. The van der Waals surface area contributed by atoms with Crippen LogP contribution in [0.15, 0.2) is 30.5 Å². The van der Waals surface area contributed by atoms with Crippen LogP contribution in [0.4, 0.5) is 19.0 Å². The number of piperidine rings is 1. The van der Waals surface area contributed by atoms with Gasteiger partial charge in [-0.15, -0.1) is 0 Å². The van der Waals surface area contributed by atoms with E-state index in [0.29, 0.717) is 18.7 Å². The number of hydrogen-bond acceptors (Lipinski definition) is 6. The van der Waals surface area contributed by atoms with Crippen molar-refractivity contribution in [3.63, 3.8) is 0 Å². The van der Waals surface area contributed by atoms with Crippen LogP contribution in [-0.4, -0.2) is 58.6 Å². The molecule has 1 aromatic heterocycles. The van der Waals surface area contributed by atoms with Crippen molar-refractivity contribution in [3.05, 3.63) is 52.4 Å². The van der Waals surface area contributed by atoms with E-state index in [-0.39, 0.29) is 45.9 Å². The van der Waals surface area contributed by atoms with Gasteiger partial charge in [0.15, 0.2) is 5.60 Å². The van der Waals surface area contributed by atoms with E-state index in [0.717, 1.165) is 18.9 Å². The minimum absolute atomic E-state index is 0.00230. The van der Waals surface area contributed by atoms with Gasteiger partial charge < -0.3 is 25.4 Å². The molecule has 2 saturated heterocycles. The van der Waals surface area contributed by atoms with Crippen LogP contribution in [0.5, 0.6) is 5.75 Å². The summed E-state index contributed by atoms with van der Waals surface area (Å²) in [5, 5.41) is 15.5. The summed E-state index contributed by atoms with van der Waals surface area (Å²) in [6, 6.07) is 5.79. The van der Waals surface area contributed by atoms with Crippen LogP contribution < -0.4 is 20.3 Å². The number of anilines is 1. The lowest BCUT2D eigenvalue weighted by molar-refractivity contribution is -0.135. The molecule has 2 amide bonds. The van der Waals surface area contributed by atoms with E-state index >= 15 is 0 Å². The Morgan fingerprint density at radius 1 is 1.18 bits per heavy atom. The number of alkyl halides is 2. The molecule has 2 fully saturated rings. The van der Waals surface area contributed by atoms with E-state index in [4.69, 9.17) is 16.3 Å². The van der Waals surface area contributed by atoms with Gasteiger partial charge in [0.05, 0.1) is 22.7 Å². The number of fused-ring (bicyclic) bond motifs is 2. The zero-order chi connectivity index (χ0) is 29.4. The van der Waals surface area contributed by atoms with Gasteiger partial charge in [-0.25, -0.2) is 18.2 Å². The Hall–Kier alpha value is -3.05. The van der Waals surface area contributed by atoms with Crippen LogP contribution in [0.3, 0.4) is 0 Å². The van der Waals surface area contributed by atoms with Gasteiger partial charge in [0.25, 0.3) is 18.2 Å². The number of pyridine rings is 1. The maximum Gasteiger partial charge on any atom is 0.263 e. The highest BCUT2D eigenvalue weighted by molar-refractivity contribution is 6.32. The van der Waals surface area contributed by atoms with Crippen LogP contribution in [0, 0.1) is 5.82 Å². The maximum absolute atomic E-state index is 14.3. The standard InChI is InChI=1S/C28H34ClF3N4O4/c1-27(2,39)19-11-22(20(29)12-21(19)30)40-28(3,4)26(38)35-16-9-17-6-7-18(10-16)36(17)24-8-5-15(13-33-24)25(37)34-14-23(31)32/h5,8,11-13,16-18,23,39H,6-7,9-10,14H2,1-4H3,(H,34,37)(H,35,38)/t16-,17+,18-. The Morgan fingerprint density at radius 3 is 2.38 bits per heavy atom. The summed E-state index contributed by atoms with van der Waals surface area (Å²) >= 11 is 6.19. The SMILES string of the molecule is CC(C)(Oc1cc(C(C)(C)O)c(F)cc1Cl)C(=O)N[C@H]1C[C@H]2CC[C@@H](C1)N2c1ccc(C(=O)NCC(F)F)cn1. The van der Waals surface area contributed by atoms with Gasteiger partial charge >= 0.3 is 0 Å². The smallest absolute Gasteiger partial charge is 0.263 e. The molecular weight excluding hydrogens is 549 g/mol. The molecule has 0 unspecified atom stereocenters. The molecule has 3 atom stereocenters. The third-order valence-electron chi connectivity index (χ3n) is 7.35. The first kappa shape index (κ1) is 29.9. The highest BCUT2D eigenvalue weighted by Gasteiger charge is 2.43. The van der Waals surface area contributed by atoms with Crippen molar-refractivity contribution >= 4 is 29.2 Å². The van der Waals surface area contributed by atoms with E-state index in [1.807, 2.05) is 0 Å². The fourth-order valence-corrected chi connectivity index (χ4v) is 5.56. The summed E-state index contributed by atoms with van der Waals surface area (Å²) in [4.78, 5) is 31.9. The van der Waals surface area contributed by atoms with Crippen molar-refractivity contribution in [3.8, 4) is 5.75 Å². The van der Waals surface area contributed by atoms with Crippen molar-refractivity contribution in [2.45, 2.75) is 89.1 Å². The number of aromatic nitrogens is 1. The molecule has 2 aromatic rings. The summed E-state index contributed by atoms with van der Waals surface area (Å²) in [7, 11) is 0. The lowest BCUT2D eigenvalue weighted by atomic mass is 9.95. The Labute approximate surface area is 236 Å². The molecule has 4 rings (SSSR count). The zero-order valence-electron chi connectivity index (χ0n) is 22.8. The first-order valence-corrected chi connectivity index (χ1v) is 13.6. The molecule has 2 aliphatic heterocycles. The van der Waals surface area contributed by atoms with Crippen LogP contribution in [0.25, 0.3) is 0 Å². The molecule has 8 nitrogen and oxygen atoms in total. The molecular formula is C28H34ClF3N4O4. The van der Waals surface area contributed by atoms with Crippen LogP contribution >= 0.6 is 11.6 Å². The minimum atomic E-state index is -2.63. The molecule has 12 heteroatoms. The van der Waals surface area contributed by atoms with E-state index in [1.165, 1.54) is 26.1 Å². The lowest BCUT2D eigenvalue weighted by Crippen LogP contribution is -2.55. The van der Waals surface area contributed by atoms with E-state index in [9.17, 15) is 27.9 Å². The molecule has 40 heavy (non-hydrogen) atoms. The van der Waals surface area contributed by atoms with Gasteiger partial charge in [-0.1, -0.05) is 11.6 Å². The fraction of sp³-hybridized carbons (Fsp3) is 0.536. The van der Waals surface area contributed by atoms with E-state index in [1.54, 1.807) is 26.0 Å². The Kier molecular flexibility index (Phi) is 8.56. The third-order valence-corrected chi connectivity index (χ3v) is 7.65. The highest BCUT2D eigenvalue weighted by atomic mass is 35.5. The van der Waals surface area contributed by atoms with Crippen molar-refractivity contribution in [2.24, 2.45) is 0 Å². The summed E-state index contributed by atoms with van der Waals surface area (Å²) < 4.78 is 45.0. The van der Waals surface area contributed by atoms with Gasteiger partial charge in [-0.05, 0) is 77.6 Å². The van der Waals surface area contributed by atoms with Crippen molar-refractivity contribution in [2.75, 3.05) is 11.4 Å². The number of carbonyl (C=O) groups is 2. The normalized spacial score (nSPS) is 20.9. The van der Waals surface area contributed by atoms with Gasteiger partial charge in [0.1, 0.15) is 17.4 Å². The number of halogens is 4. The summed E-state index contributed by atoms with van der Waals surface area (Å²) in [5.41, 5.74) is -2.60. The number of rotatable bonds is 9. The second-order valence-electron chi connectivity index (χ2n) is 11.4. The number of nitrogens with one attached hydrogen (secondary N) is 2. The van der Waals surface area contributed by atoms with Crippen molar-refractivity contribution in [1.29, 1.82) is 0 Å². The second kappa shape index (κ2) is 11.4. The molecule has 2 bridgehead atoms. The Balaban J connectivity index is 1.39. The third kappa shape index (κ3) is 6.63. The van der Waals surface area contributed by atoms with Gasteiger partial charge in [-0.3, -0.25) is 9.59 Å². The predicted octanol–water partition coefficient (Wildman–Crippen LogP) is 4.57. The van der Waals surface area contributed by atoms with E-state index in [2.05, 4.69) is 20.5 Å². The average Bonchev–Trinajstić information content (AvgIpc) is 3.13. The van der Waals surface area contributed by atoms with E-state index < -0.39 is 35.9 Å². The maximum atomic E-state index is 14.3. The molecule has 0 saturated carbocycles. The summed E-state index contributed by atoms with van der Waals surface area (Å²) in [5.74, 6) is -0.847. The van der Waals surface area contributed by atoms with Gasteiger partial charge in [0.2, 0.25) is 0 Å². The Morgan fingerprint density at radius 2 is 1.82 bits per heavy atom. The first-order valence-electron chi connectivity index (χ1n) is 13.2. The first-order chi connectivity index (χ1) is 18.7. The summed E-state index contributed by atoms with van der Waals surface area (Å²) in [6.07, 6.45) is 1.94. The number of amides is 2. The fourth-order valence-electron chi connectivity index (χ4n) is 5.37. The quantitative estimate of drug-likeness (QED) is 0.400. The molecule has 0 aliphatic carbocycles. The molecule has 0 radical (unpaired) electrons. The molecule has 3 N–H and O–H groups in total. The monoisotopic (exact) mass is 582 g/mol. The summed E-state index contributed by atoms with van der Waals surface area (Å²) in [6.45, 7) is 5.36. The van der Waals surface area contributed by atoms with Crippen LogP contribution in [-0.2, 0) is 10.4 Å². The Bertz CT molecular complexity index is 1240. The molecule has 0 spiro atoms. The number of carbonyl (C=O) groups excluding carboxylic acids is 2. The van der Waals surface area contributed by atoms with Gasteiger partial charge in [0, 0.05) is 29.9 Å². The lowest BCUT2D eigenvalue weighted by Gasteiger charge is -2.41. The molecule has 3 heterocycles. The predicted molar refractivity (Wildman–Crippen MR) is 144 cm³/mol. The number of aliphatic hydroxyl groups is 1. The minimum Gasteiger partial charge on any atom is -0.476 e. The average molecular weight is 583 g/mol. The van der Waals surface area contributed by atoms with Crippen LogP contribution in [0.1, 0.15) is 69.3 Å². The van der Waals surface area contributed by atoms with Gasteiger partial charge in [-0.2, -0.15) is 0 Å². The zero-order valence-corrected chi connectivity index (χ0v) is 23.6.